The van der Waals surface area contributed by atoms with Gasteiger partial charge in [0.1, 0.15) is 4.60 Å². The summed E-state index contributed by atoms with van der Waals surface area (Å²) < 4.78 is 4.66. The van der Waals surface area contributed by atoms with Crippen molar-refractivity contribution in [2.45, 2.75) is 20.0 Å². The molecule has 3 aromatic heterocycles. The molecule has 3 aromatic rings. The van der Waals surface area contributed by atoms with Crippen molar-refractivity contribution in [3.8, 4) is 0 Å². The zero-order valence-electron chi connectivity index (χ0n) is 11.3. The van der Waals surface area contributed by atoms with E-state index in [-0.39, 0.29) is 0 Å². The highest BCUT2D eigenvalue weighted by Gasteiger charge is 2.06. The second kappa shape index (κ2) is 5.34. The number of nitrogens with zero attached hydrogens (tertiary/aromatic N) is 5. The summed E-state index contributed by atoms with van der Waals surface area (Å²) in [6.45, 7) is 3.55. The predicted octanol–water partition coefficient (Wildman–Crippen LogP) is 1.82. The molecule has 3 heterocycles. The number of hydrogen-bond acceptors (Lipinski definition) is 4. The van der Waals surface area contributed by atoms with Gasteiger partial charge in [0.25, 0.3) is 0 Å². The van der Waals surface area contributed by atoms with Crippen LogP contribution in [0, 0.1) is 6.92 Å². The smallest absolute Gasteiger partial charge is 0.155 e. The van der Waals surface area contributed by atoms with Crippen LogP contribution < -0.4 is 5.32 Å². The highest BCUT2D eigenvalue weighted by atomic mass is 79.9. The molecule has 0 fully saturated rings. The van der Waals surface area contributed by atoms with Crippen molar-refractivity contribution in [1.82, 2.24) is 29.5 Å². The van der Waals surface area contributed by atoms with Gasteiger partial charge in [0, 0.05) is 38.1 Å². The molecule has 0 saturated carbocycles. The number of imidazole rings is 1. The molecule has 6 nitrogen and oxygen atoms in total. The number of nitrogens with one attached hydrogen (secondary N) is 1. The maximum Gasteiger partial charge on any atom is 0.155 e. The van der Waals surface area contributed by atoms with Gasteiger partial charge in [-0.2, -0.15) is 5.10 Å². The van der Waals surface area contributed by atoms with Gasteiger partial charge in [-0.25, -0.2) is 9.97 Å². The third-order valence-electron chi connectivity index (χ3n) is 3.18. The molecule has 1 N–H and O–H groups in total. The summed E-state index contributed by atoms with van der Waals surface area (Å²) in [5.74, 6) is 0. The lowest BCUT2D eigenvalue weighted by atomic mass is 10.2. The number of aromatic nitrogens is 5. The van der Waals surface area contributed by atoms with E-state index in [0.717, 1.165) is 34.7 Å². The van der Waals surface area contributed by atoms with Gasteiger partial charge in [0.2, 0.25) is 0 Å². The zero-order valence-corrected chi connectivity index (χ0v) is 12.9. The van der Waals surface area contributed by atoms with Crippen LogP contribution in [0.4, 0.5) is 0 Å². The van der Waals surface area contributed by atoms with E-state index in [4.69, 9.17) is 0 Å². The van der Waals surface area contributed by atoms with E-state index in [1.165, 1.54) is 5.56 Å². The minimum absolute atomic E-state index is 0.742. The maximum absolute atomic E-state index is 4.33. The first-order valence-electron chi connectivity index (χ1n) is 6.31. The van der Waals surface area contributed by atoms with Crippen LogP contribution in [0.5, 0.6) is 0 Å². The number of hydrogen-bond donors (Lipinski definition) is 1. The van der Waals surface area contributed by atoms with Crippen molar-refractivity contribution in [2.75, 3.05) is 0 Å². The molecule has 3 rings (SSSR count). The van der Waals surface area contributed by atoms with E-state index in [2.05, 4.69) is 36.3 Å². The Labute approximate surface area is 125 Å². The van der Waals surface area contributed by atoms with Gasteiger partial charge in [-0.3, -0.25) is 9.08 Å². The fourth-order valence-corrected chi connectivity index (χ4v) is 2.50. The monoisotopic (exact) mass is 334 g/mol. The molecule has 0 aliphatic heterocycles. The first-order valence-corrected chi connectivity index (χ1v) is 7.10. The SMILES string of the molecule is Cc1nn(C)cc1CNCc1cnc2cnc(Br)cn12. The van der Waals surface area contributed by atoms with Crippen LogP contribution in [0.2, 0.25) is 0 Å². The van der Waals surface area contributed by atoms with Gasteiger partial charge in [-0.15, -0.1) is 0 Å². The Morgan fingerprint density at radius 3 is 2.80 bits per heavy atom. The summed E-state index contributed by atoms with van der Waals surface area (Å²) in [4.78, 5) is 8.50. The molecule has 0 unspecified atom stereocenters. The molecule has 0 aliphatic rings. The molecule has 20 heavy (non-hydrogen) atoms. The molecule has 0 bridgehead atoms. The molecular weight excluding hydrogens is 320 g/mol. The fourth-order valence-electron chi connectivity index (χ4n) is 2.19. The van der Waals surface area contributed by atoms with Gasteiger partial charge in [0.05, 0.1) is 23.8 Å². The summed E-state index contributed by atoms with van der Waals surface area (Å²) in [7, 11) is 1.94. The first-order chi connectivity index (χ1) is 9.63. The van der Waals surface area contributed by atoms with E-state index in [1.807, 2.05) is 41.6 Å². The van der Waals surface area contributed by atoms with Crippen LogP contribution in [0.15, 0.2) is 29.4 Å². The number of aryl methyl sites for hydroxylation is 2. The minimum atomic E-state index is 0.742. The minimum Gasteiger partial charge on any atom is -0.307 e. The Morgan fingerprint density at radius 2 is 2.05 bits per heavy atom. The van der Waals surface area contributed by atoms with E-state index in [0.29, 0.717) is 0 Å². The lowest BCUT2D eigenvalue weighted by molar-refractivity contribution is 0.672. The van der Waals surface area contributed by atoms with Crippen molar-refractivity contribution >= 4 is 21.6 Å². The lowest BCUT2D eigenvalue weighted by Gasteiger charge is -2.04. The van der Waals surface area contributed by atoms with Gasteiger partial charge in [-0.1, -0.05) is 0 Å². The van der Waals surface area contributed by atoms with Crippen molar-refractivity contribution in [1.29, 1.82) is 0 Å². The van der Waals surface area contributed by atoms with Gasteiger partial charge >= 0.3 is 0 Å². The van der Waals surface area contributed by atoms with Crippen LogP contribution in [-0.4, -0.2) is 24.1 Å². The Bertz CT molecular complexity index is 744. The van der Waals surface area contributed by atoms with Crippen LogP contribution >= 0.6 is 15.9 Å². The van der Waals surface area contributed by atoms with E-state index in [9.17, 15) is 0 Å². The molecule has 0 saturated heterocycles. The number of halogens is 1. The van der Waals surface area contributed by atoms with Gasteiger partial charge < -0.3 is 5.32 Å². The lowest BCUT2D eigenvalue weighted by Crippen LogP contribution is -2.14. The second-order valence-corrected chi connectivity index (χ2v) is 5.52. The van der Waals surface area contributed by atoms with Crippen LogP contribution in [0.25, 0.3) is 5.65 Å². The van der Waals surface area contributed by atoms with Crippen LogP contribution in [0.1, 0.15) is 17.0 Å². The fraction of sp³-hybridized carbons (Fsp3) is 0.308. The van der Waals surface area contributed by atoms with Crippen molar-refractivity contribution < 1.29 is 0 Å². The molecule has 104 valence electrons. The Hall–Kier alpha value is -1.73. The van der Waals surface area contributed by atoms with E-state index < -0.39 is 0 Å². The summed E-state index contributed by atoms with van der Waals surface area (Å²) in [6, 6.07) is 0. The average molecular weight is 335 g/mol. The highest BCUT2D eigenvalue weighted by molar-refractivity contribution is 9.10. The molecule has 0 atom stereocenters. The zero-order chi connectivity index (χ0) is 14.1. The molecule has 0 aromatic carbocycles. The van der Waals surface area contributed by atoms with E-state index >= 15 is 0 Å². The standard InChI is InChI=1S/C13H15BrN6/c1-9-10(7-19(2)18-9)3-15-4-11-5-17-13-6-16-12(14)8-20(11)13/h5-8,15H,3-4H2,1-2H3. The third-order valence-corrected chi connectivity index (χ3v) is 3.59. The van der Waals surface area contributed by atoms with Gasteiger partial charge in [-0.05, 0) is 22.9 Å². The van der Waals surface area contributed by atoms with Crippen molar-refractivity contribution in [3.05, 3.63) is 46.3 Å². The number of rotatable bonds is 4. The number of fused-ring (bicyclic) bond motifs is 1. The molecule has 7 heteroatoms. The Kier molecular flexibility index (Phi) is 3.54. The predicted molar refractivity (Wildman–Crippen MR) is 79.2 cm³/mol. The molecule has 0 aliphatic carbocycles. The third kappa shape index (κ3) is 2.59. The van der Waals surface area contributed by atoms with Crippen LogP contribution in [-0.2, 0) is 20.1 Å². The normalized spacial score (nSPS) is 11.3. The van der Waals surface area contributed by atoms with Crippen LogP contribution in [0.3, 0.4) is 0 Å². The summed E-state index contributed by atoms with van der Waals surface area (Å²) in [5, 5.41) is 7.75. The Morgan fingerprint density at radius 1 is 1.20 bits per heavy atom. The molecular formula is C13H15BrN6. The summed E-state index contributed by atoms with van der Waals surface area (Å²) in [5.41, 5.74) is 4.22. The first kappa shape index (κ1) is 13.3. The highest BCUT2D eigenvalue weighted by Crippen LogP contribution is 2.11. The topological polar surface area (TPSA) is 60.0 Å². The van der Waals surface area contributed by atoms with Gasteiger partial charge in [0.15, 0.2) is 5.65 Å². The average Bonchev–Trinajstić information content (AvgIpc) is 2.94. The largest absolute Gasteiger partial charge is 0.307 e. The van der Waals surface area contributed by atoms with Crippen molar-refractivity contribution in [3.63, 3.8) is 0 Å². The van der Waals surface area contributed by atoms with E-state index in [1.54, 1.807) is 6.20 Å². The molecule has 0 spiro atoms. The maximum atomic E-state index is 4.33. The molecule has 0 amide bonds. The second-order valence-electron chi connectivity index (χ2n) is 4.70. The van der Waals surface area contributed by atoms with Crippen molar-refractivity contribution in [2.24, 2.45) is 7.05 Å². The quantitative estimate of drug-likeness (QED) is 0.790. The Balaban J connectivity index is 1.71. The summed E-state index contributed by atoms with van der Waals surface area (Å²) >= 11 is 3.38. The summed E-state index contributed by atoms with van der Waals surface area (Å²) in [6.07, 6.45) is 7.58. The molecule has 0 radical (unpaired) electrons.